The van der Waals surface area contributed by atoms with Crippen LogP contribution >= 0.6 is 0 Å². The van der Waals surface area contributed by atoms with Gasteiger partial charge in [-0.15, -0.1) is 0 Å². The van der Waals surface area contributed by atoms with Gasteiger partial charge in [0.25, 0.3) is 0 Å². The number of para-hydroxylation sites is 2. The van der Waals surface area contributed by atoms with E-state index in [-0.39, 0.29) is 12.5 Å². The molecule has 1 aromatic rings. The summed E-state index contributed by atoms with van der Waals surface area (Å²) in [5.74, 6) is -0.247. The van der Waals surface area contributed by atoms with Crippen LogP contribution in [0.4, 0.5) is 10.5 Å². The summed E-state index contributed by atoms with van der Waals surface area (Å²) < 4.78 is 5.42. The minimum atomic E-state index is -0.861. The third-order valence-electron chi connectivity index (χ3n) is 2.66. The van der Waals surface area contributed by atoms with Crippen molar-refractivity contribution < 1.29 is 19.4 Å². The van der Waals surface area contributed by atoms with Crippen LogP contribution in [0.3, 0.4) is 0 Å². The Balaban J connectivity index is 2.54. The Kier molecular flexibility index (Phi) is 6.36. The molecule has 2 N–H and O–H groups in total. The third kappa shape index (κ3) is 5.17. The van der Waals surface area contributed by atoms with E-state index < -0.39 is 5.97 Å². The number of nitrogens with zero attached hydrogens (tertiary/aromatic N) is 1. The minimum Gasteiger partial charge on any atom is -0.492 e. The van der Waals surface area contributed by atoms with Gasteiger partial charge in [0.1, 0.15) is 5.75 Å². The summed E-state index contributed by atoms with van der Waals surface area (Å²) >= 11 is 0. The molecule has 0 heterocycles. The monoisotopic (exact) mass is 280 g/mol. The largest absolute Gasteiger partial charge is 0.492 e. The molecule has 0 saturated heterocycles. The van der Waals surface area contributed by atoms with Crippen LogP contribution in [0.2, 0.25) is 0 Å². The summed E-state index contributed by atoms with van der Waals surface area (Å²) in [6.45, 7) is 2.77. The molecule has 0 radical (unpaired) electrons. The number of anilines is 1. The van der Waals surface area contributed by atoms with Crippen molar-refractivity contribution in [3.05, 3.63) is 24.3 Å². The number of carbonyl (C=O) groups excluding carboxylic acids is 1. The normalized spacial score (nSPS) is 9.90. The number of aliphatic carboxylic acids is 1. The van der Waals surface area contributed by atoms with Gasteiger partial charge in [-0.05, 0) is 25.5 Å². The number of carboxylic acid groups (broad SMARTS) is 1. The predicted molar refractivity (Wildman–Crippen MR) is 76.1 cm³/mol. The molecular formula is C14H20N2O4. The molecule has 20 heavy (non-hydrogen) atoms. The number of carbonyl (C=O) groups is 2. The van der Waals surface area contributed by atoms with Gasteiger partial charge in [0.05, 0.1) is 12.3 Å². The van der Waals surface area contributed by atoms with Gasteiger partial charge >= 0.3 is 12.0 Å². The van der Waals surface area contributed by atoms with Gasteiger partial charge in [0.15, 0.2) is 0 Å². The summed E-state index contributed by atoms with van der Waals surface area (Å²) in [6, 6.07) is 6.89. The first kappa shape index (κ1) is 15.8. The zero-order chi connectivity index (χ0) is 15.0. The Morgan fingerprint density at radius 1 is 1.35 bits per heavy atom. The van der Waals surface area contributed by atoms with Crippen LogP contribution in [0.5, 0.6) is 5.75 Å². The molecule has 6 heteroatoms. The number of amides is 2. The van der Waals surface area contributed by atoms with Crippen LogP contribution in [0.15, 0.2) is 24.3 Å². The van der Waals surface area contributed by atoms with E-state index in [2.05, 4.69) is 5.32 Å². The lowest BCUT2D eigenvalue weighted by atomic mass is 10.3. The predicted octanol–water partition coefficient (Wildman–Crippen LogP) is 2.41. The number of nitrogens with one attached hydrogen (secondary N) is 1. The molecule has 0 aliphatic rings. The summed E-state index contributed by atoms with van der Waals surface area (Å²) in [6.07, 6.45) is 0.472. The number of ether oxygens (including phenoxy) is 1. The van der Waals surface area contributed by atoms with Gasteiger partial charge in [-0.3, -0.25) is 4.79 Å². The fourth-order valence-corrected chi connectivity index (χ4v) is 1.63. The smallest absolute Gasteiger partial charge is 0.321 e. The van der Waals surface area contributed by atoms with Gasteiger partial charge in [0, 0.05) is 20.0 Å². The van der Waals surface area contributed by atoms with Crippen LogP contribution in [0.25, 0.3) is 0 Å². The van der Waals surface area contributed by atoms with E-state index in [0.29, 0.717) is 31.0 Å². The van der Waals surface area contributed by atoms with Crippen molar-refractivity contribution in [3.8, 4) is 5.75 Å². The molecule has 0 atom stereocenters. The summed E-state index contributed by atoms with van der Waals surface area (Å²) in [5, 5.41) is 11.3. The molecule has 0 bridgehead atoms. The average Bonchev–Trinajstić information content (AvgIpc) is 2.40. The topological polar surface area (TPSA) is 78.9 Å². The Hall–Kier alpha value is -2.24. The van der Waals surface area contributed by atoms with Crippen molar-refractivity contribution in [3.63, 3.8) is 0 Å². The second kappa shape index (κ2) is 8.04. The number of carboxylic acids is 1. The van der Waals surface area contributed by atoms with Crippen LogP contribution in [0.1, 0.15) is 19.8 Å². The lowest BCUT2D eigenvalue weighted by Crippen LogP contribution is -2.32. The zero-order valence-electron chi connectivity index (χ0n) is 11.8. The molecule has 2 amide bonds. The zero-order valence-corrected chi connectivity index (χ0v) is 11.8. The van der Waals surface area contributed by atoms with Crippen molar-refractivity contribution >= 4 is 17.7 Å². The fraction of sp³-hybridized carbons (Fsp3) is 0.429. The van der Waals surface area contributed by atoms with Crippen molar-refractivity contribution in [1.29, 1.82) is 0 Å². The molecule has 0 aliphatic heterocycles. The second-order valence-electron chi connectivity index (χ2n) is 4.28. The molecule has 110 valence electrons. The lowest BCUT2D eigenvalue weighted by molar-refractivity contribution is -0.137. The number of rotatable bonds is 7. The maximum absolute atomic E-state index is 12.0. The third-order valence-corrected chi connectivity index (χ3v) is 2.66. The van der Waals surface area contributed by atoms with Crippen molar-refractivity contribution in [2.24, 2.45) is 0 Å². The van der Waals surface area contributed by atoms with E-state index in [9.17, 15) is 9.59 Å². The Morgan fingerprint density at radius 2 is 2.05 bits per heavy atom. The SMILES string of the molecule is CCOc1ccccc1NC(=O)N(C)CCCC(=O)O. The van der Waals surface area contributed by atoms with Crippen LogP contribution in [-0.2, 0) is 4.79 Å². The number of hydrogen-bond donors (Lipinski definition) is 2. The molecule has 1 aromatic carbocycles. The van der Waals surface area contributed by atoms with Crippen LogP contribution in [-0.4, -0.2) is 42.2 Å². The molecule has 1 rings (SSSR count). The molecule has 0 aliphatic carbocycles. The van der Waals surface area contributed by atoms with Crippen LogP contribution in [0, 0.1) is 0 Å². The molecule has 0 unspecified atom stereocenters. The first-order chi connectivity index (χ1) is 9.54. The molecule has 0 saturated carbocycles. The Bertz CT molecular complexity index is 462. The number of benzene rings is 1. The van der Waals surface area contributed by atoms with Gasteiger partial charge < -0.3 is 20.1 Å². The van der Waals surface area contributed by atoms with Crippen molar-refractivity contribution in [2.75, 3.05) is 25.5 Å². The molecular weight excluding hydrogens is 260 g/mol. The maximum atomic E-state index is 12.0. The van der Waals surface area contributed by atoms with Crippen molar-refractivity contribution in [1.82, 2.24) is 4.90 Å². The Morgan fingerprint density at radius 3 is 2.70 bits per heavy atom. The first-order valence-corrected chi connectivity index (χ1v) is 6.50. The molecule has 0 fully saturated rings. The molecule has 0 aromatic heterocycles. The average molecular weight is 280 g/mol. The highest BCUT2D eigenvalue weighted by Gasteiger charge is 2.11. The highest BCUT2D eigenvalue weighted by molar-refractivity contribution is 5.90. The first-order valence-electron chi connectivity index (χ1n) is 6.50. The molecule has 0 spiro atoms. The van der Waals surface area contributed by atoms with Gasteiger partial charge in [0.2, 0.25) is 0 Å². The number of hydrogen-bond acceptors (Lipinski definition) is 3. The van der Waals surface area contributed by atoms with Gasteiger partial charge in [-0.25, -0.2) is 4.79 Å². The Labute approximate surface area is 118 Å². The quantitative estimate of drug-likeness (QED) is 0.804. The van der Waals surface area contributed by atoms with E-state index in [1.807, 2.05) is 19.1 Å². The summed E-state index contributed by atoms with van der Waals surface area (Å²) in [5.41, 5.74) is 0.601. The van der Waals surface area contributed by atoms with E-state index in [1.54, 1.807) is 19.2 Å². The highest BCUT2D eigenvalue weighted by Crippen LogP contribution is 2.23. The van der Waals surface area contributed by atoms with Gasteiger partial charge in [-0.2, -0.15) is 0 Å². The van der Waals surface area contributed by atoms with Gasteiger partial charge in [-0.1, -0.05) is 12.1 Å². The summed E-state index contributed by atoms with van der Waals surface area (Å²) in [4.78, 5) is 23.8. The lowest BCUT2D eigenvalue weighted by Gasteiger charge is -2.18. The minimum absolute atomic E-state index is 0.0488. The number of urea groups is 1. The maximum Gasteiger partial charge on any atom is 0.321 e. The molecule has 6 nitrogen and oxygen atoms in total. The fourth-order valence-electron chi connectivity index (χ4n) is 1.63. The van der Waals surface area contributed by atoms with E-state index in [0.717, 1.165) is 0 Å². The van der Waals surface area contributed by atoms with Crippen molar-refractivity contribution in [2.45, 2.75) is 19.8 Å². The van der Waals surface area contributed by atoms with Crippen LogP contribution < -0.4 is 10.1 Å². The van der Waals surface area contributed by atoms with E-state index in [4.69, 9.17) is 9.84 Å². The highest BCUT2D eigenvalue weighted by atomic mass is 16.5. The van der Waals surface area contributed by atoms with E-state index >= 15 is 0 Å². The second-order valence-corrected chi connectivity index (χ2v) is 4.28. The summed E-state index contributed by atoms with van der Waals surface area (Å²) in [7, 11) is 1.63. The standard InChI is InChI=1S/C14H20N2O4/c1-3-20-12-8-5-4-7-11(12)15-14(19)16(2)10-6-9-13(17)18/h4-5,7-8H,3,6,9-10H2,1-2H3,(H,15,19)(H,17,18). The van der Waals surface area contributed by atoms with E-state index in [1.165, 1.54) is 4.90 Å².